The summed E-state index contributed by atoms with van der Waals surface area (Å²) in [6, 6.07) is 59.7. The fourth-order valence-electron chi connectivity index (χ4n) is 7.29. The zero-order valence-corrected chi connectivity index (χ0v) is 27.6. The van der Waals surface area contributed by atoms with E-state index in [4.69, 9.17) is 9.40 Å². The van der Waals surface area contributed by atoms with Crippen LogP contribution in [-0.2, 0) is 0 Å². The first-order valence-corrected chi connectivity index (χ1v) is 17.2. The number of nitrogens with zero attached hydrogens (tertiary/aromatic N) is 3. The number of benzene rings is 7. The van der Waals surface area contributed by atoms with Gasteiger partial charge in [-0.1, -0.05) is 120 Å². The fraction of sp³-hybridized carbons (Fsp3) is 0. The van der Waals surface area contributed by atoms with E-state index < -0.39 is 0 Å². The van der Waals surface area contributed by atoms with E-state index in [1.807, 2.05) is 24.4 Å². The van der Waals surface area contributed by atoms with Crippen LogP contribution in [0.3, 0.4) is 0 Å². The molecule has 10 rings (SSSR count). The lowest BCUT2D eigenvalue weighted by molar-refractivity contribution is 0.670. The first-order valence-electron chi connectivity index (χ1n) is 17.2. The first kappa shape index (κ1) is 29.0. The van der Waals surface area contributed by atoms with Gasteiger partial charge in [0, 0.05) is 33.8 Å². The average molecular weight is 653 g/mol. The number of hydrogen-bond donors (Lipinski definition) is 0. The Morgan fingerprint density at radius 1 is 0.529 bits per heavy atom. The molecule has 7 aromatic carbocycles. The van der Waals surface area contributed by atoms with Crippen molar-refractivity contribution in [2.24, 2.45) is 0 Å². The van der Waals surface area contributed by atoms with E-state index in [0.717, 1.165) is 71.7 Å². The molecule has 4 heteroatoms. The second-order valence-electron chi connectivity index (χ2n) is 12.8. The Morgan fingerprint density at radius 2 is 1.14 bits per heavy atom. The van der Waals surface area contributed by atoms with E-state index >= 15 is 0 Å². The summed E-state index contributed by atoms with van der Waals surface area (Å²) in [5.74, 6) is 0. The molecule has 0 amide bonds. The molecule has 0 unspecified atom stereocenters. The van der Waals surface area contributed by atoms with Crippen LogP contribution in [-0.4, -0.2) is 11.2 Å². The van der Waals surface area contributed by atoms with Crippen LogP contribution in [0.1, 0.15) is 0 Å². The molecule has 0 N–H and O–H groups in total. The van der Waals surface area contributed by atoms with Gasteiger partial charge < -0.3 is 9.32 Å². The predicted octanol–water partition coefficient (Wildman–Crippen LogP) is 10.2. The van der Waals surface area contributed by atoms with Crippen molar-refractivity contribution in [3.63, 3.8) is 0 Å². The Bertz CT molecular complexity index is 2840. The number of furan rings is 1. The highest BCUT2D eigenvalue weighted by molar-refractivity contribution is 6.17. The molecule has 51 heavy (non-hydrogen) atoms. The number of para-hydroxylation sites is 1. The summed E-state index contributed by atoms with van der Waals surface area (Å²) in [7, 11) is 0. The van der Waals surface area contributed by atoms with Gasteiger partial charge in [-0.25, -0.2) is 4.98 Å². The van der Waals surface area contributed by atoms with Gasteiger partial charge in [-0.3, -0.25) is 0 Å². The number of aromatic nitrogens is 1. The number of fused-ring (bicyclic) bond motifs is 6. The molecule has 4 nitrogen and oxygen atoms in total. The molecule has 0 atom stereocenters. The van der Waals surface area contributed by atoms with Crippen LogP contribution in [0.4, 0.5) is 17.1 Å². The summed E-state index contributed by atoms with van der Waals surface area (Å²) >= 11 is 0. The fourth-order valence-corrected chi connectivity index (χ4v) is 7.29. The van der Waals surface area contributed by atoms with Gasteiger partial charge in [0.2, 0.25) is 0 Å². The van der Waals surface area contributed by atoms with Crippen molar-refractivity contribution < 1.29 is 4.42 Å². The third kappa shape index (κ3) is 4.94. The van der Waals surface area contributed by atoms with Crippen LogP contribution in [0.2, 0.25) is 0 Å². The van der Waals surface area contributed by atoms with E-state index in [2.05, 4.69) is 167 Å². The van der Waals surface area contributed by atoms with Crippen LogP contribution < -0.4 is 20.1 Å². The van der Waals surface area contributed by atoms with Crippen molar-refractivity contribution in [1.29, 1.82) is 0 Å². The van der Waals surface area contributed by atoms with Gasteiger partial charge >= 0.3 is 5.36 Å². The molecule has 0 fully saturated rings. The van der Waals surface area contributed by atoms with Crippen LogP contribution in [0.5, 0.6) is 0 Å². The monoisotopic (exact) mass is 652 g/mol. The molecule has 0 bridgehead atoms. The molecule has 0 spiro atoms. The molecule has 1 aliphatic heterocycles. The third-order valence-corrected chi connectivity index (χ3v) is 9.81. The molecule has 1 aliphatic rings. The van der Waals surface area contributed by atoms with Crippen LogP contribution in [0, 0.1) is 0 Å². The second kappa shape index (κ2) is 11.9. The smallest absolute Gasteiger partial charge is 0.360 e. The van der Waals surface area contributed by atoms with Crippen molar-refractivity contribution in [2.75, 3.05) is 4.90 Å². The SMILES string of the molecule is C1=[N+]=c2c(ccc3ccc(-c4ccc(N(c5ccc(-c6ccccc6)cc5)c5ccc(-c6ccccc6)cc5)c5c4oc4ccccc45)nc23)=C1. The number of pyridine rings is 1. The summed E-state index contributed by atoms with van der Waals surface area (Å²) in [5.41, 5.74) is 12.2. The van der Waals surface area contributed by atoms with Gasteiger partial charge in [0.1, 0.15) is 11.2 Å². The largest absolute Gasteiger partial charge is 0.455 e. The van der Waals surface area contributed by atoms with Crippen molar-refractivity contribution in [1.82, 2.24) is 9.65 Å². The second-order valence-corrected chi connectivity index (χ2v) is 12.8. The van der Waals surface area contributed by atoms with Gasteiger partial charge in [-0.15, -0.1) is 0 Å². The van der Waals surface area contributed by atoms with Gasteiger partial charge in [-0.05, 0) is 76.9 Å². The first-order chi connectivity index (χ1) is 25.3. The molecule has 9 aromatic rings. The normalized spacial score (nSPS) is 11.8. The Balaban J connectivity index is 1.19. The maximum Gasteiger partial charge on any atom is 0.360 e. The van der Waals surface area contributed by atoms with Crippen molar-refractivity contribution in [3.8, 4) is 33.5 Å². The molecule has 238 valence electrons. The standard InChI is InChI=1S/C47H30N3O/c1-3-9-31(10-4-1)33-17-22-37(23-18-33)50(38-24-19-34(20-25-38)32-11-5-2-6-12-32)42-28-26-39(47-44(42)40-13-7-8-14-43(40)51-47)41-27-21-35-15-16-36-29-30-48-45(36)46(35)49-41/h1-30H/q+1. The lowest BCUT2D eigenvalue weighted by Gasteiger charge is -2.27. The maximum absolute atomic E-state index is 6.76. The lowest BCUT2D eigenvalue weighted by atomic mass is 10.0. The predicted molar refractivity (Wildman–Crippen MR) is 211 cm³/mol. The Labute approximate surface area is 294 Å². The van der Waals surface area contributed by atoms with E-state index in [1.54, 1.807) is 0 Å². The number of anilines is 3. The minimum atomic E-state index is 0.801. The van der Waals surface area contributed by atoms with Gasteiger partial charge in [0.05, 0.1) is 22.0 Å². The highest BCUT2D eigenvalue weighted by atomic mass is 16.3. The Morgan fingerprint density at radius 3 is 1.82 bits per heavy atom. The van der Waals surface area contributed by atoms with Gasteiger partial charge in [0.15, 0.2) is 5.52 Å². The summed E-state index contributed by atoms with van der Waals surface area (Å²) in [4.78, 5) is 7.53. The van der Waals surface area contributed by atoms with Crippen LogP contribution in [0.15, 0.2) is 174 Å². The summed E-state index contributed by atoms with van der Waals surface area (Å²) in [6.45, 7) is 0. The maximum atomic E-state index is 6.76. The minimum Gasteiger partial charge on any atom is -0.455 e. The molecule has 0 aliphatic carbocycles. The molecule has 2 aromatic heterocycles. The number of hydrogen-bond acceptors (Lipinski definition) is 3. The van der Waals surface area contributed by atoms with Gasteiger partial charge in [0.25, 0.3) is 6.21 Å². The molecule has 0 radical (unpaired) electrons. The Kier molecular flexibility index (Phi) is 6.73. The van der Waals surface area contributed by atoms with Crippen molar-refractivity contribution in [2.45, 2.75) is 0 Å². The average Bonchev–Trinajstić information content (AvgIpc) is 3.85. The van der Waals surface area contributed by atoms with Gasteiger partial charge in [-0.2, -0.15) is 0 Å². The molecule has 0 saturated heterocycles. The van der Waals surface area contributed by atoms with Crippen molar-refractivity contribution in [3.05, 3.63) is 180 Å². The molecule has 0 saturated carbocycles. The van der Waals surface area contributed by atoms with Crippen LogP contribution in [0.25, 0.3) is 72.4 Å². The summed E-state index contributed by atoms with van der Waals surface area (Å²) in [6.07, 6.45) is 3.88. The van der Waals surface area contributed by atoms with Crippen LogP contribution >= 0.6 is 0 Å². The van der Waals surface area contributed by atoms with E-state index in [-0.39, 0.29) is 0 Å². The molecule has 3 heterocycles. The zero-order chi connectivity index (χ0) is 33.7. The van der Waals surface area contributed by atoms with E-state index in [1.165, 1.54) is 22.3 Å². The third-order valence-electron chi connectivity index (χ3n) is 9.81. The lowest BCUT2D eigenvalue weighted by Crippen LogP contribution is -2.25. The zero-order valence-electron chi connectivity index (χ0n) is 27.6. The highest BCUT2D eigenvalue weighted by Crippen LogP contribution is 2.46. The minimum absolute atomic E-state index is 0.801. The highest BCUT2D eigenvalue weighted by Gasteiger charge is 2.23. The Hall–Kier alpha value is -7.00. The number of rotatable bonds is 6. The topological polar surface area (TPSA) is 43.4 Å². The van der Waals surface area contributed by atoms with E-state index in [9.17, 15) is 0 Å². The summed E-state index contributed by atoms with van der Waals surface area (Å²) < 4.78 is 11.4. The molecular weight excluding hydrogens is 623 g/mol. The summed E-state index contributed by atoms with van der Waals surface area (Å²) in [5, 5.41) is 5.15. The van der Waals surface area contributed by atoms with E-state index in [0.29, 0.717) is 0 Å². The van der Waals surface area contributed by atoms with Crippen molar-refractivity contribution >= 4 is 62.2 Å². The molecular formula is C47H30N3O+. The quantitative estimate of drug-likeness (QED) is 0.168.